The quantitative estimate of drug-likeness (QED) is 0.0546. The summed E-state index contributed by atoms with van der Waals surface area (Å²) in [5.41, 5.74) is 9.34. The third-order valence-corrected chi connectivity index (χ3v) is 11.0. The molecular weight excluding hydrogens is 1020 g/mol. The molecule has 0 saturated carbocycles. The summed E-state index contributed by atoms with van der Waals surface area (Å²) < 4.78 is 32.0. The van der Waals surface area contributed by atoms with Crippen LogP contribution in [-0.2, 0) is 22.5 Å². The molecule has 0 aliphatic carbocycles. The second-order valence-electron chi connectivity index (χ2n) is 15.8. The van der Waals surface area contributed by atoms with Crippen molar-refractivity contribution < 1.29 is 138 Å². The molecule has 380 valence electrons. The van der Waals surface area contributed by atoms with Crippen molar-refractivity contribution in [2.24, 2.45) is 0 Å². The number of methoxy groups -OCH3 is 1. The number of carbonyl (C=O) groups is 1. The number of phenols is 1. The summed E-state index contributed by atoms with van der Waals surface area (Å²) in [6.45, 7) is 7.88. The summed E-state index contributed by atoms with van der Waals surface area (Å²) in [7, 11) is 1.67. The molecule has 11 nitrogen and oxygen atoms in total. The van der Waals surface area contributed by atoms with Crippen molar-refractivity contribution in [1.29, 1.82) is 0 Å². The number of hydrogen-bond donors (Lipinski definition) is 2. The van der Waals surface area contributed by atoms with Crippen molar-refractivity contribution in [3.8, 4) is 39.7 Å². The number of carbonyl (C=O) groups excluding carboxylic acids is 1. The molecule has 0 amide bonds. The summed E-state index contributed by atoms with van der Waals surface area (Å²) in [4.78, 5) is 36.2. The Morgan fingerprint density at radius 2 is 1.00 bits per heavy atom. The van der Waals surface area contributed by atoms with Gasteiger partial charge in [0.15, 0.2) is 0 Å². The summed E-state index contributed by atoms with van der Waals surface area (Å²) in [6, 6.07) is 58.7. The fourth-order valence-corrected chi connectivity index (χ4v) is 7.42. The van der Waals surface area contributed by atoms with Gasteiger partial charge in [-0.2, -0.15) is 14.9 Å². The number of nitrogens with zero attached hydrogens (tertiary/aromatic N) is 3. The summed E-state index contributed by atoms with van der Waals surface area (Å²) in [6.07, 6.45) is 1.50. The largest absolute Gasteiger partial charge is 1.00 e. The molecule has 15 heteroatoms. The number of nitrogens with one attached hydrogen (secondary N) is 1. The van der Waals surface area contributed by atoms with Crippen molar-refractivity contribution in [3.63, 3.8) is 0 Å². The number of aromatic hydroxyl groups is 1. The molecule has 0 aliphatic rings. The molecule has 0 atom stereocenters. The molecule has 10 aromatic rings. The van der Waals surface area contributed by atoms with E-state index in [0.717, 1.165) is 62.1 Å². The van der Waals surface area contributed by atoms with E-state index in [-0.39, 0.29) is 154 Å². The maximum absolute atomic E-state index is 13.3. The Morgan fingerprint density at radius 3 is 1.46 bits per heavy atom. The van der Waals surface area contributed by atoms with Gasteiger partial charge < -0.3 is 21.4 Å². The molecule has 0 aliphatic heterocycles. The molecule has 0 spiro atoms. The van der Waals surface area contributed by atoms with Crippen LogP contribution in [0.3, 0.4) is 0 Å². The van der Waals surface area contributed by atoms with Gasteiger partial charge in [-0.1, -0.05) is 130 Å². The Kier molecular flexibility index (Phi) is 29.4. The number of ether oxygens (including phenoxy) is 1. The van der Waals surface area contributed by atoms with Crippen LogP contribution >= 0.6 is 0 Å². The van der Waals surface area contributed by atoms with Gasteiger partial charge in [0.05, 0.1) is 35.0 Å². The smallest absolute Gasteiger partial charge is 1.00 e. The Bertz CT molecular complexity index is 3420. The Balaban J connectivity index is 0.000000575. The zero-order chi connectivity index (χ0) is 51.4. The molecule has 0 radical (unpaired) electrons. The van der Waals surface area contributed by atoms with Crippen LogP contribution in [0.1, 0.15) is 44.1 Å². The van der Waals surface area contributed by atoms with Gasteiger partial charge in [-0.3, -0.25) is 14.4 Å². The third-order valence-electron chi connectivity index (χ3n) is 11.0. The van der Waals surface area contributed by atoms with E-state index < -0.39 is 0 Å². The first-order chi connectivity index (χ1) is 35.0. The van der Waals surface area contributed by atoms with Crippen molar-refractivity contribution in [2.45, 2.75) is 34.6 Å². The van der Waals surface area contributed by atoms with Crippen LogP contribution in [0.4, 0.5) is 8.78 Å². The number of phenolic OH excluding ortho intramolecular Hbond substituents is 1. The number of H-pyrrole nitrogens is 1. The summed E-state index contributed by atoms with van der Waals surface area (Å²) in [5, 5.41) is 32.0. The zero-order valence-corrected chi connectivity index (χ0v) is 47.6. The van der Waals surface area contributed by atoms with Crippen LogP contribution in [0.25, 0.3) is 49.7 Å². The Morgan fingerprint density at radius 1 is 0.605 bits per heavy atom. The van der Waals surface area contributed by atoms with Crippen molar-refractivity contribution >= 4 is 28.0 Å². The number of aromatic nitrogens is 4. The van der Waals surface area contributed by atoms with Crippen molar-refractivity contribution in [3.05, 3.63) is 267 Å². The van der Waals surface area contributed by atoms with E-state index in [1.165, 1.54) is 40.1 Å². The second kappa shape index (κ2) is 33.9. The van der Waals surface area contributed by atoms with Gasteiger partial charge in [-0.15, -0.1) is 13.2 Å². The van der Waals surface area contributed by atoms with Gasteiger partial charge in [0, 0.05) is 21.9 Å². The Hall–Kier alpha value is -6.06. The van der Waals surface area contributed by atoms with Gasteiger partial charge in [0.25, 0.3) is 17.6 Å². The van der Waals surface area contributed by atoms with Crippen LogP contribution in [0.15, 0.2) is 217 Å². The number of halogens is 2. The molecule has 76 heavy (non-hydrogen) atoms. The average Bonchev–Trinajstić information content (AvgIpc) is 3.42. The molecule has 2 heterocycles. The topological polar surface area (TPSA) is 159 Å². The monoisotopic (exact) mass is 1070 g/mol. The van der Waals surface area contributed by atoms with Crippen molar-refractivity contribution in [1.82, 2.24) is 20.0 Å². The zero-order valence-electron chi connectivity index (χ0n) is 42.4. The van der Waals surface area contributed by atoms with Gasteiger partial charge in [0.1, 0.15) is 23.1 Å². The van der Waals surface area contributed by atoms with Gasteiger partial charge >= 0.3 is 103 Å². The molecule has 2 N–H and O–H groups in total. The average molecular weight is 1080 g/mol. The Labute approximate surface area is 528 Å². The molecule has 2 aromatic heterocycles. The molecule has 0 bridgehead atoms. The van der Waals surface area contributed by atoms with Crippen LogP contribution < -0.4 is 124 Å². The predicted molar refractivity (Wildman–Crippen MR) is 291 cm³/mol. The second-order valence-corrected chi connectivity index (χ2v) is 15.8. The minimum absolute atomic E-state index is 0. The molecule has 8 aromatic carbocycles. The first-order valence-corrected chi connectivity index (χ1v) is 22.3. The first kappa shape index (κ1) is 66.1. The molecule has 0 unspecified atom stereocenters. The van der Waals surface area contributed by atoms with Crippen LogP contribution in [-0.4, -0.2) is 38.7 Å². The molecular formula is C61H58F2K2N4O7. The van der Waals surface area contributed by atoms with E-state index in [0.29, 0.717) is 22.9 Å². The number of aromatic amines is 1. The van der Waals surface area contributed by atoms with Gasteiger partial charge in [-0.25, -0.2) is 13.9 Å². The summed E-state index contributed by atoms with van der Waals surface area (Å²) in [5.74, 6) is 0.573. The van der Waals surface area contributed by atoms with Gasteiger partial charge in [0.2, 0.25) is 0 Å². The van der Waals surface area contributed by atoms with E-state index in [4.69, 9.17) is 19.9 Å². The van der Waals surface area contributed by atoms with E-state index in [1.54, 1.807) is 61.7 Å². The number of aryl methyl sites for hydroxylation is 1. The number of hydrogen-bond acceptors (Lipinski definition) is 9. The maximum Gasteiger partial charge on any atom is 1.00 e. The summed E-state index contributed by atoms with van der Waals surface area (Å²) >= 11 is 0. The molecule has 10 rings (SSSR count). The first-order valence-electron chi connectivity index (χ1n) is 22.3. The van der Waals surface area contributed by atoms with Gasteiger partial charge in [-0.05, 0) is 127 Å². The normalized spacial score (nSPS) is 9.64. The van der Waals surface area contributed by atoms with E-state index in [1.807, 2.05) is 66.7 Å². The third kappa shape index (κ3) is 18.6. The minimum atomic E-state index is -0.238. The SMILES string of the molecule is C.C.C=C.COc1ccc(Cc2ccc(-n3nc(-c4ccc(C)cc4)c4ccccc4c3=O)cc2)cc1.Fc1ccc(Cc2ccc(F)cc2)cc1.O=CO[O-].O=c1[nH]nc(-c2ccc(O)cc2)c2ccccc12.[H-].[K+].[K+]. The molecule has 0 fully saturated rings. The number of rotatable bonds is 9. The molecule has 0 saturated heterocycles. The van der Waals surface area contributed by atoms with Crippen LogP contribution in [0, 0.1) is 18.6 Å². The van der Waals surface area contributed by atoms with E-state index in [2.05, 4.69) is 83.7 Å². The van der Waals surface area contributed by atoms with E-state index >= 15 is 0 Å². The maximum atomic E-state index is 13.3. The fourth-order valence-electron chi connectivity index (χ4n) is 7.42. The van der Waals surface area contributed by atoms with E-state index in [9.17, 15) is 23.5 Å². The van der Waals surface area contributed by atoms with Crippen LogP contribution in [0.2, 0.25) is 0 Å². The van der Waals surface area contributed by atoms with Crippen molar-refractivity contribution in [2.75, 3.05) is 7.11 Å². The number of benzene rings is 8. The fraction of sp³-hybridized carbons (Fsp3) is 0.0984. The van der Waals surface area contributed by atoms with Crippen LogP contribution in [0.5, 0.6) is 11.5 Å². The standard InChI is InChI=1S/C29H24N2O2.C14H10N2O2.C13H10F2.C2H4.CH2O3.2CH4.2K.H/c1-20-7-13-23(14-8-20)28-26-5-3-4-6-27(26)29(32)31(30-28)24-15-9-21(10-16-24)19-22-11-17-25(33-2)18-12-22;17-10-7-5-9(6-8-10)13-11-3-1-2-4-12(11)14(18)16-15-13;14-12-5-1-10(2-6-12)9-11-3-7-13(15)8-4-11;1-2;2-1-4-3;;;;;/h3-18H,19H2,1-2H3;1-8,17H,(H,16,18);1-8H,9H2;1-2H2;1,3H;2*1H4;;;/q;;;;;;;2*+1;-1/p-1. The number of fused-ring (bicyclic) bond motifs is 2. The minimum Gasteiger partial charge on any atom is -1.00 e. The predicted octanol–water partition coefficient (Wildman–Crippen LogP) is 6.44.